The van der Waals surface area contributed by atoms with Gasteiger partial charge >= 0.3 is 0 Å². The standard InChI is InChI=1S/C11H19N7O/c1-17(4-2-3-12)5-6-18-7-14-9-8(18)10(19)16-11(13)15-9/h7H,2-6,12H2,1H3,(H3,13,15,16,19). The topological polar surface area (TPSA) is 119 Å². The largest absolute Gasteiger partial charge is 0.369 e. The zero-order valence-electron chi connectivity index (χ0n) is 11.0. The van der Waals surface area contributed by atoms with Gasteiger partial charge in [-0.1, -0.05) is 0 Å². The summed E-state index contributed by atoms with van der Waals surface area (Å²) in [4.78, 5) is 24.6. The van der Waals surface area contributed by atoms with Gasteiger partial charge in [-0.3, -0.25) is 9.78 Å². The number of rotatable bonds is 6. The van der Waals surface area contributed by atoms with Crippen molar-refractivity contribution < 1.29 is 0 Å². The lowest BCUT2D eigenvalue weighted by atomic mass is 10.4. The Labute approximate surface area is 110 Å². The molecule has 2 aromatic rings. The van der Waals surface area contributed by atoms with Gasteiger partial charge in [-0.2, -0.15) is 4.98 Å². The van der Waals surface area contributed by atoms with Gasteiger partial charge in [0.25, 0.3) is 5.56 Å². The van der Waals surface area contributed by atoms with Crippen LogP contribution in [0.4, 0.5) is 5.95 Å². The lowest BCUT2D eigenvalue weighted by Gasteiger charge is -2.16. The fraction of sp³-hybridized carbons (Fsp3) is 0.545. The van der Waals surface area contributed by atoms with E-state index in [4.69, 9.17) is 11.5 Å². The molecule has 19 heavy (non-hydrogen) atoms. The monoisotopic (exact) mass is 265 g/mol. The number of aromatic nitrogens is 4. The normalized spacial score (nSPS) is 11.5. The Kier molecular flexibility index (Phi) is 4.13. The number of hydrogen-bond donors (Lipinski definition) is 3. The number of imidazole rings is 1. The summed E-state index contributed by atoms with van der Waals surface area (Å²) >= 11 is 0. The van der Waals surface area contributed by atoms with E-state index >= 15 is 0 Å². The Morgan fingerprint density at radius 2 is 2.26 bits per heavy atom. The maximum atomic E-state index is 11.8. The Bertz CT molecular complexity index is 603. The first kappa shape index (κ1) is 13.5. The van der Waals surface area contributed by atoms with Crippen LogP contribution in [0.15, 0.2) is 11.1 Å². The van der Waals surface area contributed by atoms with Crippen molar-refractivity contribution in [3.05, 3.63) is 16.7 Å². The molecule has 0 fully saturated rings. The summed E-state index contributed by atoms with van der Waals surface area (Å²) in [7, 11) is 2.02. The molecule has 5 N–H and O–H groups in total. The zero-order chi connectivity index (χ0) is 13.8. The lowest BCUT2D eigenvalue weighted by Crippen LogP contribution is -2.26. The number of hydrogen-bond acceptors (Lipinski definition) is 6. The number of likely N-dealkylation sites (N-methyl/N-ethyl adjacent to an activating group) is 1. The van der Waals surface area contributed by atoms with Crippen molar-refractivity contribution in [2.45, 2.75) is 13.0 Å². The van der Waals surface area contributed by atoms with E-state index in [-0.39, 0.29) is 11.5 Å². The maximum absolute atomic E-state index is 11.8. The van der Waals surface area contributed by atoms with Crippen molar-refractivity contribution in [2.75, 3.05) is 32.4 Å². The summed E-state index contributed by atoms with van der Waals surface area (Å²) in [6.45, 7) is 3.10. The molecule has 8 heteroatoms. The third-order valence-corrected chi connectivity index (χ3v) is 2.97. The SMILES string of the molecule is CN(CCCN)CCn1cnc2nc(N)[nH]c(=O)c21. The summed E-state index contributed by atoms with van der Waals surface area (Å²) in [5.74, 6) is 0.0859. The van der Waals surface area contributed by atoms with Gasteiger partial charge in [-0.05, 0) is 26.6 Å². The van der Waals surface area contributed by atoms with E-state index in [1.165, 1.54) is 0 Å². The van der Waals surface area contributed by atoms with E-state index in [1.807, 2.05) is 7.05 Å². The summed E-state index contributed by atoms with van der Waals surface area (Å²) in [6, 6.07) is 0. The maximum Gasteiger partial charge on any atom is 0.278 e. The van der Waals surface area contributed by atoms with Gasteiger partial charge in [0.05, 0.1) is 6.33 Å². The van der Waals surface area contributed by atoms with Crippen LogP contribution in [0.3, 0.4) is 0 Å². The van der Waals surface area contributed by atoms with Crippen LogP contribution in [0.5, 0.6) is 0 Å². The molecular weight excluding hydrogens is 246 g/mol. The number of H-pyrrole nitrogens is 1. The smallest absolute Gasteiger partial charge is 0.278 e. The molecule has 0 amide bonds. The predicted molar refractivity (Wildman–Crippen MR) is 73.7 cm³/mol. The van der Waals surface area contributed by atoms with E-state index in [9.17, 15) is 4.79 Å². The van der Waals surface area contributed by atoms with Gasteiger partial charge in [-0.25, -0.2) is 4.98 Å². The Morgan fingerprint density at radius 1 is 1.47 bits per heavy atom. The first-order valence-electron chi connectivity index (χ1n) is 6.21. The van der Waals surface area contributed by atoms with Crippen molar-refractivity contribution >= 4 is 17.1 Å². The number of aromatic amines is 1. The van der Waals surface area contributed by atoms with Gasteiger partial charge in [0.2, 0.25) is 5.95 Å². The van der Waals surface area contributed by atoms with Crippen LogP contribution in [0.2, 0.25) is 0 Å². The second-order valence-corrected chi connectivity index (χ2v) is 4.51. The minimum absolute atomic E-state index is 0.0859. The summed E-state index contributed by atoms with van der Waals surface area (Å²) in [6.07, 6.45) is 2.57. The highest BCUT2D eigenvalue weighted by atomic mass is 16.1. The number of nitrogens with two attached hydrogens (primary N) is 2. The molecule has 8 nitrogen and oxygen atoms in total. The molecule has 2 heterocycles. The Balaban J connectivity index is 2.11. The number of nitrogens with zero attached hydrogens (tertiary/aromatic N) is 4. The molecule has 0 aliphatic carbocycles. The van der Waals surface area contributed by atoms with Gasteiger partial charge in [0.1, 0.15) is 0 Å². The van der Waals surface area contributed by atoms with Crippen molar-refractivity contribution in [2.24, 2.45) is 5.73 Å². The molecule has 0 radical (unpaired) electrons. The molecular formula is C11H19N7O. The minimum atomic E-state index is -0.260. The number of nitrogens with one attached hydrogen (secondary N) is 1. The molecule has 0 saturated heterocycles. The Morgan fingerprint density at radius 3 is 3.00 bits per heavy atom. The average molecular weight is 265 g/mol. The molecule has 0 unspecified atom stereocenters. The highest BCUT2D eigenvalue weighted by molar-refractivity contribution is 5.70. The van der Waals surface area contributed by atoms with Crippen LogP contribution in [0, 0.1) is 0 Å². The molecule has 0 spiro atoms. The van der Waals surface area contributed by atoms with E-state index in [0.29, 0.717) is 24.3 Å². The molecule has 2 aromatic heterocycles. The fourth-order valence-corrected chi connectivity index (χ4v) is 1.92. The predicted octanol–water partition coefficient (Wildman–Crippen LogP) is -1.02. The fourth-order valence-electron chi connectivity index (χ4n) is 1.92. The van der Waals surface area contributed by atoms with Crippen LogP contribution in [-0.4, -0.2) is 51.1 Å². The molecule has 0 aromatic carbocycles. The number of fused-ring (bicyclic) bond motifs is 1. The number of anilines is 1. The molecule has 2 rings (SSSR count). The van der Waals surface area contributed by atoms with Gasteiger partial charge in [0, 0.05) is 13.1 Å². The van der Waals surface area contributed by atoms with Crippen molar-refractivity contribution in [1.82, 2.24) is 24.4 Å². The van der Waals surface area contributed by atoms with E-state index in [1.54, 1.807) is 10.9 Å². The molecule has 0 aliphatic heterocycles. The van der Waals surface area contributed by atoms with Gasteiger partial charge in [-0.15, -0.1) is 0 Å². The Hall–Kier alpha value is -1.93. The molecule has 0 bridgehead atoms. The minimum Gasteiger partial charge on any atom is -0.369 e. The molecule has 104 valence electrons. The zero-order valence-corrected chi connectivity index (χ0v) is 11.0. The number of nitrogen functional groups attached to an aromatic ring is 1. The quantitative estimate of drug-likeness (QED) is 0.615. The van der Waals surface area contributed by atoms with Crippen LogP contribution < -0.4 is 17.0 Å². The average Bonchev–Trinajstić information content (AvgIpc) is 2.77. The van der Waals surface area contributed by atoms with E-state index in [2.05, 4.69) is 19.9 Å². The third-order valence-electron chi connectivity index (χ3n) is 2.97. The van der Waals surface area contributed by atoms with Crippen LogP contribution in [0.25, 0.3) is 11.2 Å². The van der Waals surface area contributed by atoms with Gasteiger partial charge < -0.3 is 20.9 Å². The van der Waals surface area contributed by atoms with Crippen molar-refractivity contribution in [1.29, 1.82) is 0 Å². The van der Waals surface area contributed by atoms with Crippen LogP contribution in [0.1, 0.15) is 6.42 Å². The first-order chi connectivity index (χ1) is 9.11. The lowest BCUT2D eigenvalue weighted by molar-refractivity contribution is 0.318. The highest BCUT2D eigenvalue weighted by Gasteiger charge is 2.09. The van der Waals surface area contributed by atoms with Crippen molar-refractivity contribution in [3.63, 3.8) is 0 Å². The highest BCUT2D eigenvalue weighted by Crippen LogP contribution is 2.05. The molecule has 0 atom stereocenters. The molecule has 0 aliphatic rings. The summed E-state index contributed by atoms with van der Waals surface area (Å²) in [5, 5.41) is 0. The third kappa shape index (κ3) is 3.09. The second kappa shape index (κ2) is 5.81. The second-order valence-electron chi connectivity index (χ2n) is 4.51. The first-order valence-corrected chi connectivity index (χ1v) is 6.21. The van der Waals surface area contributed by atoms with Crippen molar-refractivity contribution in [3.8, 4) is 0 Å². The summed E-state index contributed by atoms with van der Waals surface area (Å²) < 4.78 is 1.79. The van der Waals surface area contributed by atoms with Gasteiger partial charge in [0.15, 0.2) is 11.2 Å². The van der Waals surface area contributed by atoms with Crippen LogP contribution >= 0.6 is 0 Å². The van der Waals surface area contributed by atoms with E-state index in [0.717, 1.165) is 19.5 Å². The van der Waals surface area contributed by atoms with Crippen LogP contribution in [-0.2, 0) is 6.54 Å². The summed E-state index contributed by atoms with van der Waals surface area (Å²) in [5.41, 5.74) is 11.5. The van der Waals surface area contributed by atoms with E-state index < -0.39 is 0 Å². The molecule has 0 saturated carbocycles.